The second-order valence-corrected chi connectivity index (χ2v) is 7.66. The van der Waals surface area contributed by atoms with Gasteiger partial charge in [0.05, 0.1) is 0 Å². The van der Waals surface area contributed by atoms with Crippen LogP contribution in [0.15, 0.2) is 66.7 Å². The molecule has 0 aliphatic rings. The van der Waals surface area contributed by atoms with E-state index >= 15 is 0 Å². The zero-order valence-corrected chi connectivity index (χ0v) is 16.5. The maximum absolute atomic E-state index is 2.45. The van der Waals surface area contributed by atoms with Crippen molar-refractivity contribution in [3.63, 3.8) is 0 Å². The molecule has 0 bridgehead atoms. The molecule has 1 heteroatoms. The molecule has 0 amide bonds. The zero-order chi connectivity index (χ0) is 18.6. The molecule has 4 rings (SSSR count). The second-order valence-electron chi connectivity index (χ2n) is 7.66. The van der Waals surface area contributed by atoms with Crippen LogP contribution in [-0.4, -0.2) is 4.57 Å². The quantitative estimate of drug-likeness (QED) is 0.312. The summed E-state index contributed by atoms with van der Waals surface area (Å²) in [7, 11) is 0. The molecule has 0 saturated heterocycles. The first kappa shape index (κ1) is 17.9. The molecule has 0 radical (unpaired) electrons. The highest BCUT2D eigenvalue weighted by Gasteiger charge is 2.09. The smallest absolute Gasteiger partial charge is 0.0494 e. The number of hydrogen-bond acceptors (Lipinski definition) is 0. The molecule has 0 unspecified atom stereocenters. The van der Waals surface area contributed by atoms with Crippen molar-refractivity contribution in [3.05, 3.63) is 83.4 Å². The Labute approximate surface area is 162 Å². The Morgan fingerprint density at radius 3 is 2.19 bits per heavy atom. The Balaban J connectivity index is 1.41. The molecule has 27 heavy (non-hydrogen) atoms. The Hall–Kier alpha value is -2.54. The molecule has 0 N–H and O–H groups in total. The number of benzene rings is 3. The van der Waals surface area contributed by atoms with E-state index in [0.717, 1.165) is 6.54 Å². The van der Waals surface area contributed by atoms with Crippen molar-refractivity contribution in [1.82, 2.24) is 4.57 Å². The number of aryl methyl sites for hydroxylation is 4. The highest BCUT2D eigenvalue weighted by molar-refractivity contribution is 6.08. The van der Waals surface area contributed by atoms with Gasteiger partial charge in [-0.1, -0.05) is 66.6 Å². The van der Waals surface area contributed by atoms with Crippen LogP contribution in [0.25, 0.3) is 21.8 Å². The van der Waals surface area contributed by atoms with Gasteiger partial charge in [0.25, 0.3) is 0 Å². The molecule has 0 fully saturated rings. The summed E-state index contributed by atoms with van der Waals surface area (Å²) in [5.41, 5.74) is 7.05. The predicted molar refractivity (Wildman–Crippen MR) is 118 cm³/mol. The number of nitrogens with zero attached hydrogens (tertiary/aromatic N) is 1. The van der Waals surface area contributed by atoms with E-state index in [1.165, 1.54) is 70.6 Å². The van der Waals surface area contributed by atoms with Gasteiger partial charge < -0.3 is 4.57 Å². The van der Waals surface area contributed by atoms with Gasteiger partial charge in [0.1, 0.15) is 0 Å². The first-order chi connectivity index (χ1) is 13.3. The summed E-state index contributed by atoms with van der Waals surface area (Å²) in [5.74, 6) is 0. The molecule has 1 nitrogen and oxygen atoms in total. The lowest BCUT2D eigenvalue weighted by Gasteiger charge is -2.06. The highest BCUT2D eigenvalue weighted by atomic mass is 15.0. The summed E-state index contributed by atoms with van der Waals surface area (Å²) in [6.45, 7) is 5.43. The number of rotatable bonds is 7. The van der Waals surface area contributed by atoms with E-state index in [2.05, 4.69) is 85.1 Å². The summed E-state index contributed by atoms with van der Waals surface area (Å²) < 4.78 is 2.45. The van der Waals surface area contributed by atoms with Crippen LogP contribution in [0.2, 0.25) is 0 Å². The van der Waals surface area contributed by atoms with Crippen molar-refractivity contribution in [2.75, 3.05) is 0 Å². The van der Waals surface area contributed by atoms with Crippen molar-refractivity contribution < 1.29 is 0 Å². The maximum Gasteiger partial charge on any atom is 0.0494 e. The fraction of sp³-hybridized carbons (Fsp3) is 0.308. The number of para-hydroxylation sites is 1. The van der Waals surface area contributed by atoms with Gasteiger partial charge in [0, 0.05) is 28.4 Å². The van der Waals surface area contributed by atoms with Crippen LogP contribution in [0.3, 0.4) is 0 Å². The van der Waals surface area contributed by atoms with Crippen LogP contribution in [0.4, 0.5) is 0 Å². The van der Waals surface area contributed by atoms with Gasteiger partial charge >= 0.3 is 0 Å². The summed E-state index contributed by atoms with van der Waals surface area (Å²) in [6.07, 6.45) is 6.22. The lowest BCUT2D eigenvalue weighted by Crippen LogP contribution is -1.94. The van der Waals surface area contributed by atoms with Crippen molar-refractivity contribution in [2.45, 2.75) is 52.5 Å². The lowest BCUT2D eigenvalue weighted by molar-refractivity contribution is 0.678. The third-order valence-electron chi connectivity index (χ3n) is 5.67. The van der Waals surface area contributed by atoms with Gasteiger partial charge in [-0.3, -0.25) is 0 Å². The average molecular weight is 356 g/mol. The largest absolute Gasteiger partial charge is 0.341 e. The minimum atomic E-state index is 1.02. The summed E-state index contributed by atoms with van der Waals surface area (Å²) in [4.78, 5) is 0. The van der Waals surface area contributed by atoms with E-state index in [9.17, 15) is 0 Å². The minimum absolute atomic E-state index is 1.02. The highest BCUT2D eigenvalue weighted by Crippen LogP contribution is 2.30. The molecule has 3 aromatic carbocycles. The first-order valence-corrected chi connectivity index (χ1v) is 10.3. The molecule has 4 aromatic rings. The number of fused-ring (bicyclic) bond motifs is 3. The summed E-state index contributed by atoms with van der Waals surface area (Å²) >= 11 is 0. The molecule has 0 atom stereocenters. The second kappa shape index (κ2) is 8.00. The van der Waals surface area contributed by atoms with Crippen LogP contribution in [0.1, 0.15) is 42.9 Å². The van der Waals surface area contributed by atoms with Crippen molar-refractivity contribution in [1.29, 1.82) is 0 Å². The summed E-state index contributed by atoms with van der Waals surface area (Å²) in [5, 5.41) is 2.76. The predicted octanol–water partition coefficient (Wildman–Crippen LogP) is 7.08. The molecule has 1 heterocycles. The van der Waals surface area contributed by atoms with Gasteiger partial charge in [0.2, 0.25) is 0 Å². The molecule has 1 aromatic heterocycles. The fourth-order valence-electron chi connectivity index (χ4n) is 4.29. The standard InChI is InChI=1S/C26H29N/c1-3-27-25-15-8-7-14-23(25)24-17-16-22(19-26(24)27)12-6-4-5-11-21-13-9-10-20(2)18-21/h7-10,13-19H,3-6,11-12H2,1-2H3. The number of aromatic nitrogens is 1. The van der Waals surface area contributed by atoms with Crippen LogP contribution >= 0.6 is 0 Å². The lowest BCUT2D eigenvalue weighted by atomic mass is 10.0. The van der Waals surface area contributed by atoms with E-state index in [4.69, 9.17) is 0 Å². The molecular formula is C26H29N. The third kappa shape index (κ3) is 3.78. The van der Waals surface area contributed by atoms with Crippen LogP contribution in [-0.2, 0) is 19.4 Å². The van der Waals surface area contributed by atoms with Crippen molar-refractivity contribution in [2.24, 2.45) is 0 Å². The topological polar surface area (TPSA) is 4.93 Å². The van der Waals surface area contributed by atoms with E-state index in [-0.39, 0.29) is 0 Å². The molecular weight excluding hydrogens is 326 g/mol. The average Bonchev–Trinajstić information content (AvgIpc) is 3.01. The SMILES string of the molecule is CCn1c2ccccc2c2ccc(CCCCCc3cccc(C)c3)cc21. The Bertz CT molecular complexity index is 1050. The molecule has 0 aliphatic heterocycles. The van der Waals surface area contributed by atoms with Gasteiger partial charge in [-0.2, -0.15) is 0 Å². The number of unbranched alkanes of at least 4 members (excludes halogenated alkanes) is 2. The van der Waals surface area contributed by atoms with Gasteiger partial charge in [-0.25, -0.2) is 0 Å². The number of hydrogen-bond donors (Lipinski definition) is 0. The molecule has 0 saturated carbocycles. The Morgan fingerprint density at radius 2 is 1.41 bits per heavy atom. The first-order valence-electron chi connectivity index (χ1n) is 10.3. The van der Waals surface area contributed by atoms with E-state index in [1.54, 1.807) is 0 Å². The summed E-state index contributed by atoms with van der Waals surface area (Å²) in [6, 6.07) is 24.8. The Morgan fingerprint density at radius 1 is 0.667 bits per heavy atom. The van der Waals surface area contributed by atoms with Gasteiger partial charge in [0.15, 0.2) is 0 Å². The van der Waals surface area contributed by atoms with Crippen LogP contribution in [0, 0.1) is 6.92 Å². The zero-order valence-electron chi connectivity index (χ0n) is 16.5. The normalized spacial score (nSPS) is 11.5. The van der Waals surface area contributed by atoms with E-state index in [1.807, 2.05) is 0 Å². The maximum atomic E-state index is 2.45. The molecule has 0 spiro atoms. The van der Waals surface area contributed by atoms with E-state index < -0.39 is 0 Å². The van der Waals surface area contributed by atoms with Crippen molar-refractivity contribution in [3.8, 4) is 0 Å². The van der Waals surface area contributed by atoms with Crippen LogP contribution < -0.4 is 0 Å². The van der Waals surface area contributed by atoms with Gasteiger partial charge in [-0.05, 0) is 62.8 Å². The fourth-order valence-corrected chi connectivity index (χ4v) is 4.29. The Kier molecular flexibility index (Phi) is 5.29. The van der Waals surface area contributed by atoms with E-state index in [0.29, 0.717) is 0 Å². The monoisotopic (exact) mass is 355 g/mol. The third-order valence-corrected chi connectivity index (χ3v) is 5.67. The molecule has 0 aliphatic carbocycles. The van der Waals surface area contributed by atoms with Gasteiger partial charge in [-0.15, -0.1) is 0 Å². The molecule has 138 valence electrons. The van der Waals surface area contributed by atoms with Crippen LogP contribution in [0.5, 0.6) is 0 Å². The minimum Gasteiger partial charge on any atom is -0.341 e. The van der Waals surface area contributed by atoms with Crippen molar-refractivity contribution >= 4 is 21.8 Å².